The van der Waals surface area contributed by atoms with Gasteiger partial charge in [-0.2, -0.15) is 11.8 Å². The van der Waals surface area contributed by atoms with Crippen LogP contribution < -0.4 is 14.8 Å². The molecule has 21 heavy (non-hydrogen) atoms. The summed E-state index contributed by atoms with van der Waals surface area (Å²) in [5, 5.41) is 4.21. The molecule has 0 spiro atoms. The third-order valence-electron chi connectivity index (χ3n) is 3.06. The summed E-state index contributed by atoms with van der Waals surface area (Å²) in [6.45, 7) is 2.97. The lowest BCUT2D eigenvalue weighted by atomic mass is 10.2. The fourth-order valence-corrected chi connectivity index (χ4v) is 4.03. The van der Waals surface area contributed by atoms with Crippen molar-refractivity contribution in [1.82, 2.24) is 5.32 Å². The Bertz CT molecular complexity index is 686. The maximum atomic E-state index is 12.2. The zero-order valence-corrected chi connectivity index (χ0v) is 13.8. The standard InChI is InChI=1S/C14H14ClNO3S2/c1-2-20-4-3-16-14(17)13-12(15)8-5-9-10(19-7-18-9)6-11(8)21-13/h5-6H,2-4,7H2,1H3,(H,16,17). The SMILES string of the molecule is CCSCCNC(=O)c1sc2cc3c(cc2c1Cl)OCO3. The van der Waals surface area contributed by atoms with Gasteiger partial charge >= 0.3 is 0 Å². The predicted octanol–water partition coefficient (Wildman–Crippen LogP) is 3.77. The van der Waals surface area contributed by atoms with Crippen LogP contribution in [0.1, 0.15) is 16.6 Å². The average molecular weight is 344 g/mol. The number of hydrogen-bond donors (Lipinski definition) is 1. The molecule has 2 aromatic rings. The minimum Gasteiger partial charge on any atom is -0.454 e. The van der Waals surface area contributed by atoms with Crippen LogP contribution in [0.25, 0.3) is 10.1 Å². The summed E-state index contributed by atoms with van der Waals surface area (Å²) < 4.78 is 11.6. The van der Waals surface area contributed by atoms with Crippen LogP contribution in [0.15, 0.2) is 12.1 Å². The molecule has 4 nitrogen and oxygen atoms in total. The summed E-state index contributed by atoms with van der Waals surface area (Å²) in [4.78, 5) is 12.7. The van der Waals surface area contributed by atoms with E-state index in [4.69, 9.17) is 21.1 Å². The Morgan fingerprint density at radius 1 is 1.43 bits per heavy atom. The molecule has 0 bridgehead atoms. The van der Waals surface area contributed by atoms with Gasteiger partial charge < -0.3 is 14.8 Å². The van der Waals surface area contributed by atoms with Crippen molar-refractivity contribution in [2.75, 3.05) is 24.8 Å². The number of ether oxygens (including phenoxy) is 2. The quantitative estimate of drug-likeness (QED) is 0.839. The topological polar surface area (TPSA) is 47.6 Å². The summed E-state index contributed by atoms with van der Waals surface area (Å²) in [7, 11) is 0. The number of thioether (sulfide) groups is 1. The molecule has 1 aliphatic heterocycles. The van der Waals surface area contributed by atoms with Gasteiger partial charge in [0, 0.05) is 28.5 Å². The highest BCUT2D eigenvalue weighted by atomic mass is 35.5. The third-order valence-corrected chi connectivity index (χ3v) is 5.62. The minimum absolute atomic E-state index is 0.125. The molecular weight excluding hydrogens is 330 g/mol. The number of thiophene rings is 1. The van der Waals surface area contributed by atoms with Crippen molar-refractivity contribution in [2.45, 2.75) is 6.92 Å². The first-order valence-electron chi connectivity index (χ1n) is 6.58. The molecule has 0 saturated heterocycles. The number of benzene rings is 1. The molecule has 3 rings (SSSR count). The highest BCUT2D eigenvalue weighted by Gasteiger charge is 2.21. The van der Waals surface area contributed by atoms with E-state index in [1.807, 2.05) is 12.1 Å². The fraction of sp³-hybridized carbons (Fsp3) is 0.357. The van der Waals surface area contributed by atoms with Crippen LogP contribution in [0.5, 0.6) is 11.5 Å². The van der Waals surface area contributed by atoms with Gasteiger partial charge in [-0.15, -0.1) is 11.3 Å². The number of carbonyl (C=O) groups is 1. The van der Waals surface area contributed by atoms with Crippen LogP contribution in [-0.4, -0.2) is 30.8 Å². The molecule has 2 heterocycles. The highest BCUT2D eigenvalue weighted by Crippen LogP contribution is 2.43. The molecule has 0 saturated carbocycles. The normalized spacial score (nSPS) is 12.9. The molecule has 112 valence electrons. The second kappa shape index (κ2) is 6.34. The van der Waals surface area contributed by atoms with Gasteiger partial charge in [-0.3, -0.25) is 4.79 Å². The number of carbonyl (C=O) groups excluding carboxylic acids is 1. The summed E-state index contributed by atoms with van der Waals surface area (Å²) in [5.74, 6) is 3.20. The van der Waals surface area contributed by atoms with Crippen LogP contribution in [-0.2, 0) is 0 Å². The molecule has 0 fully saturated rings. The van der Waals surface area contributed by atoms with Crippen LogP contribution >= 0.6 is 34.7 Å². The Morgan fingerprint density at radius 3 is 2.95 bits per heavy atom. The van der Waals surface area contributed by atoms with Gasteiger partial charge in [0.05, 0.1) is 5.02 Å². The molecule has 0 unspecified atom stereocenters. The first-order chi connectivity index (χ1) is 10.2. The molecular formula is C14H14ClNO3S2. The average Bonchev–Trinajstić information content (AvgIpc) is 3.06. The van der Waals surface area contributed by atoms with Crippen molar-refractivity contribution in [3.63, 3.8) is 0 Å². The van der Waals surface area contributed by atoms with Crippen molar-refractivity contribution in [2.24, 2.45) is 0 Å². The number of nitrogens with one attached hydrogen (secondary N) is 1. The lowest BCUT2D eigenvalue weighted by molar-refractivity contribution is 0.0960. The number of rotatable bonds is 5. The lowest BCUT2D eigenvalue weighted by Gasteiger charge is -2.02. The maximum absolute atomic E-state index is 12.2. The van der Waals surface area contributed by atoms with Crippen LogP contribution in [0, 0.1) is 0 Å². The van der Waals surface area contributed by atoms with Gasteiger partial charge in [0.1, 0.15) is 4.88 Å². The minimum atomic E-state index is -0.125. The summed E-state index contributed by atoms with van der Waals surface area (Å²) >= 11 is 9.51. The van der Waals surface area contributed by atoms with Gasteiger partial charge in [-0.25, -0.2) is 0 Å². The van der Waals surface area contributed by atoms with E-state index in [2.05, 4.69) is 12.2 Å². The first kappa shape index (κ1) is 14.8. The van der Waals surface area contributed by atoms with E-state index in [1.54, 1.807) is 11.8 Å². The molecule has 0 radical (unpaired) electrons. The summed E-state index contributed by atoms with van der Waals surface area (Å²) in [6.07, 6.45) is 0. The molecule has 1 aromatic carbocycles. The first-order valence-corrected chi connectivity index (χ1v) is 8.93. The van der Waals surface area contributed by atoms with Crippen LogP contribution in [0.3, 0.4) is 0 Å². The summed E-state index contributed by atoms with van der Waals surface area (Å²) in [6, 6.07) is 3.71. The van der Waals surface area contributed by atoms with Gasteiger partial charge in [0.2, 0.25) is 6.79 Å². The van der Waals surface area contributed by atoms with E-state index >= 15 is 0 Å². The van der Waals surface area contributed by atoms with Crippen molar-refractivity contribution >= 4 is 50.7 Å². The van der Waals surface area contributed by atoms with E-state index in [0.29, 0.717) is 27.9 Å². The smallest absolute Gasteiger partial charge is 0.262 e. The zero-order valence-electron chi connectivity index (χ0n) is 11.4. The van der Waals surface area contributed by atoms with Gasteiger partial charge in [-0.05, 0) is 11.8 Å². The van der Waals surface area contributed by atoms with Crippen molar-refractivity contribution in [1.29, 1.82) is 0 Å². The molecule has 1 aromatic heterocycles. The van der Waals surface area contributed by atoms with Gasteiger partial charge in [0.15, 0.2) is 11.5 Å². The fourth-order valence-electron chi connectivity index (χ4n) is 2.06. The molecule has 1 aliphatic rings. The zero-order chi connectivity index (χ0) is 14.8. The Kier molecular flexibility index (Phi) is 4.47. The Morgan fingerprint density at radius 2 is 2.19 bits per heavy atom. The Labute approximate surface area is 135 Å². The maximum Gasteiger partial charge on any atom is 0.262 e. The number of fused-ring (bicyclic) bond motifs is 2. The van der Waals surface area contributed by atoms with Gasteiger partial charge in [-0.1, -0.05) is 18.5 Å². The van der Waals surface area contributed by atoms with Crippen LogP contribution in [0.2, 0.25) is 5.02 Å². The largest absolute Gasteiger partial charge is 0.454 e. The lowest BCUT2D eigenvalue weighted by Crippen LogP contribution is -2.25. The summed E-state index contributed by atoms with van der Waals surface area (Å²) in [5.41, 5.74) is 0. The number of amides is 1. The van der Waals surface area contributed by atoms with Crippen molar-refractivity contribution < 1.29 is 14.3 Å². The van der Waals surface area contributed by atoms with Crippen molar-refractivity contribution in [3.8, 4) is 11.5 Å². The Hall–Kier alpha value is -1.11. The second-order valence-electron chi connectivity index (χ2n) is 4.40. The molecule has 1 amide bonds. The monoisotopic (exact) mass is 343 g/mol. The predicted molar refractivity (Wildman–Crippen MR) is 88.3 cm³/mol. The van der Waals surface area contributed by atoms with E-state index in [1.165, 1.54) is 11.3 Å². The number of hydrogen-bond acceptors (Lipinski definition) is 5. The van der Waals surface area contributed by atoms with E-state index in [9.17, 15) is 4.79 Å². The van der Waals surface area contributed by atoms with E-state index in [-0.39, 0.29) is 12.7 Å². The Balaban J connectivity index is 1.83. The molecule has 1 N–H and O–H groups in total. The second-order valence-corrected chi connectivity index (χ2v) is 7.22. The molecule has 0 aliphatic carbocycles. The number of halogens is 1. The van der Waals surface area contributed by atoms with Crippen molar-refractivity contribution in [3.05, 3.63) is 22.0 Å². The van der Waals surface area contributed by atoms with Crippen LogP contribution in [0.4, 0.5) is 0 Å². The third kappa shape index (κ3) is 2.93. The van der Waals surface area contributed by atoms with E-state index in [0.717, 1.165) is 21.6 Å². The van der Waals surface area contributed by atoms with Gasteiger partial charge in [0.25, 0.3) is 5.91 Å². The highest BCUT2D eigenvalue weighted by molar-refractivity contribution is 7.99. The molecule has 7 heteroatoms. The van der Waals surface area contributed by atoms with E-state index < -0.39 is 0 Å². The molecule has 0 atom stereocenters.